The van der Waals surface area contributed by atoms with Crippen molar-refractivity contribution in [1.82, 2.24) is 4.90 Å². The lowest BCUT2D eigenvalue weighted by atomic mass is 9.90. The maximum atomic E-state index is 9.27. The molecule has 0 N–H and O–H groups in total. The quantitative estimate of drug-likeness (QED) is 0.761. The predicted octanol–water partition coefficient (Wildman–Crippen LogP) is 3.79. The molecule has 0 aliphatic heterocycles. The Kier molecular flexibility index (Phi) is 5.88. The number of benzene rings is 1. The Morgan fingerprint density at radius 2 is 1.78 bits per heavy atom. The fraction of sp³-hybridized carbons (Fsp3) is 0.562. The van der Waals surface area contributed by atoms with Gasteiger partial charge in [0, 0.05) is 0 Å². The van der Waals surface area contributed by atoms with E-state index in [9.17, 15) is 5.26 Å². The number of nitrogens with zero attached hydrogens (tertiary/aromatic N) is 2. The van der Waals surface area contributed by atoms with Gasteiger partial charge in [-0.3, -0.25) is 0 Å². The Hall–Kier alpha value is -1.33. The van der Waals surface area contributed by atoms with Crippen molar-refractivity contribution >= 4 is 0 Å². The normalized spacial score (nSPS) is 14.2. The zero-order valence-electron chi connectivity index (χ0n) is 12.0. The topological polar surface area (TPSA) is 27.0 Å². The number of rotatable bonds is 6. The van der Waals surface area contributed by atoms with Gasteiger partial charge in [-0.2, -0.15) is 5.26 Å². The number of aryl methyl sites for hydroxylation is 1. The van der Waals surface area contributed by atoms with Gasteiger partial charge < -0.3 is 4.90 Å². The van der Waals surface area contributed by atoms with E-state index in [1.165, 1.54) is 17.5 Å². The predicted molar refractivity (Wildman–Crippen MR) is 76.3 cm³/mol. The Bertz CT molecular complexity index is 387. The molecule has 1 aromatic carbocycles. The molecule has 0 aromatic heterocycles. The van der Waals surface area contributed by atoms with E-state index in [2.05, 4.69) is 49.1 Å². The van der Waals surface area contributed by atoms with Gasteiger partial charge in [-0.15, -0.1) is 0 Å². The molecular weight excluding hydrogens is 220 g/mol. The van der Waals surface area contributed by atoms with Crippen LogP contribution in [0.2, 0.25) is 0 Å². The monoisotopic (exact) mass is 244 g/mol. The van der Waals surface area contributed by atoms with Crippen LogP contribution in [0, 0.1) is 17.2 Å². The van der Waals surface area contributed by atoms with Crippen molar-refractivity contribution in [1.29, 1.82) is 5.26 Å². The zero-order chi connectivity index (χ0) is 13.5. The van der Waals surface area contributed by atoms with Crippen LogP contribution in [0.4, 0.5) is 0 Å². The maximum absolute atomic E-state index is 9.27. The van der Waals surface area contributed by atoms with Crippen LogP contribution < -0.4 is 0 Å². The summed E-state index contributed by atoms with van der Waals surface area (Å²) in [5.74, 6) is 0.0528. The van der Waals surface area contributed by atoms with Crippen molar-refractivity contribution in [3.63, 3.8) is 0 Å². The average Bonchev–Trinajstić information content (AvgIpc) is 2.37. The van der Waals surface area contributed by atoms with E-state index in [-0.39, 0.29) is 12.0 Å². The lowest BCUT2D eigenvalue weighted by Gasteiger charge is -2.28. The van der Waals surface area contributed by atoms with Gasteiger partial charge in [0.25, 0.3) is 0 Å². The van der Waals surface area contributed by atoms with Crippen LogP contribution in [-0.2, 0) is 6.42 Å². The van der Waals surface area contributed by atoms with Gasteiger partial charge in [0.2, 0.25) is 0 Å². The molecule has 18 heavy (non-hydrogen) atoms. The fourth-order valence-electron chi connectivity index (χ4n) is 2.45. The Labute approximate surface area is 111 Å². The molecule has 0 fully saturated rings. The molecule has 0 aliphatic rings. The largest absolute Gasteiger partial charge is 0.301 e. The first-order chi connectivity index (χ1) is 8.63. The lowest BCUT2D eigenvalue weighted by molar-refractivity contribution is 0.241. The van der Waals surface area contributed by atoms with Crippen LogP contribution in [0.25, 0.3) is 0 Å². The highest BCUT2D eigenvalue weighted by Crippen LogP contribution is 2.29. The molecule has 0 amide bonds. The van der Waals surface area contributed by atoms with Crippen molar-refractivity contribution in [2.24, 2.45) is 5.92 Å². The first-order valence-electron chi connectivity index (χ1n) is 6.78. The SMILES string of the molecule is CCCc1ccc(C(C(C#N)CC)N(C)C)cc1. The second kappa shape index (κ2) is 7.18. The molecule has 1 aromatic rings. The van der Waals surface area contributed by atoms with Gasteiger partial charge in [0.05, 0.1) is 18.0 Å². The minimum atomic E-state index is 0.0528. The van der Waals surface area contributed by atoms with Crippen molar-refractivity contribution in [2.45, 2.75) is 39.2 Å². The third-order valence-corrected chi connectivity index (χ3v) is 3.40. The summed E-state index contributed by atoms with van der Waals surface area (Å²) in [6, 6.07) is 11.4. The standard InChI is InChI=1S/C16H24N2/c1-5-7-13-8-10-15(11-9-13)16(18(3)4)14(6-2)12-17/h8-11,14,16H,5-7H2,1-4H3. The van der Waals surface area contributed by atoms with Crippen molar-refractivity contribution in [3.8, 4) is 6.07 Å². The summed E-state index contributed by atoms with van der Waals surface area (Å²) in [6.07, 6.45) is 3.19. The van der Waals surface area contributed by atoms with Gasteiger partial charge >= 0.3 is 0 Å². The third-order valence-electron chi connectivity index (χ3n) is 3.40. The minimum Gasteiger partial charge on any atom is -0.301 e. The van der Waals surface area contributed by atoms with Crippen LogP contribution in [0.1, 0.15) is 43.9 Å². The number of nitriles is 1. The molecule has 0 saturated heterocycles. The molecule has 1 rings (SSSR count). The van der Waals surface area contributed by atoms with Crippen molar-refractivity contribution in [3.05, 3.63) is 35.4 Å². The van der Waals surface area contributed by atoms with Gasteiger partial charge in [-0.1, -0.05) is 44.5 Å². The van der Waals surface area contributed by atoms with E-state index in [1.807, 2.05) is 14.1 Å². The first-order valence-corrected chi connectivity index (χ1v) is 6.78. The van der Waals surface area contributed by atoms with Gasteiger partial charge in [-0.25, -0.2) is 0 Å². The summed E-state index contributed by atoms with van der Waals surface area (Å²) < 4.78 is 0. The number of hydrogen-bond acceptors (Lipinski definition) is 2. The molecule has 0 radical (unpaired) electrons. The summed E-state index contributed by atoms with van der Waals surface area (Å²) >= 11 is 0. The van der Waals surface area contributed by atoms with Crippen molar-refractivity contribution in [2.75, 3.05) is 14.1 Å². The lowest BCUT2D eigenvalue weighted by Crippen LogP contribution is -2.26. The molecule has 0 bridgehead atoms. The molecule has 0 saturated carbocycles. The molecule has 0 spiro atoms. The summed E-state index contributed by atoms with van der Waals surface area (Å²) in [6.45, 7) is 4.27. The summed E-state index contributed by atoms with van der Waals surface area (Å²) in [4.78, 5) is 2.15. The first kappa shape index (κ1) is 14.7. The van der Waals surface area contributed by atoms with E-state index >= 15 is 0 Å². The molecule has 0 heterocycles. The third kappa shape index (κ3) is 3.58. The van der Waals surface area contributed by atoms with Gasteiger partial charge in [-0.05, 0) is 38.1 Å². The Balaban J connectivity index is 2.96. The molecule has 2 heteroatoms. The summed E-state index contributed by atoms with van der Waals surface area (Å²) in [5.41, 5.74) is 2.62. The van der Waals surface area contributed by atoms with E-state index < -0.39 is 0 Å². The van der Waals surface area contributed by atoms with Crippen LogP contribution in [0.3, 0.4) is 0 Å². The molecule has 98 valence electrons. The maximum Gasteiger partial charge on any atom is 0.0675 e. The smallest absolute Gasteiger partial charge is 0.0675 e. The van der Waals surface area contributed by atoms with E-state index in [0.29, 0.717) is 0 Å². The molecule has 2 unspecified atom stereocenters. The highest BCUT2D eigenvalue weighted by atomic mass is 15.1. The number of hydrogen-bond donors (Lipinski definition) is 0. The molecular formula is C16H24N2. The Morgan fingerprint density at radius 3 is 2.17 bits per heavy atom. The molecule has 2 atom stereocenters. The van der Waals surface area contributed by atoms with Crippen LogP contribution in [0.15, 0.2) is 24.3 Å². The second-order valence-electron chi connectivity index (χ2n) is 5.04. The van der Waals surface area contributed by atoms with Crippen LogP contribution in [-0.4, -0.2) is 19.0 Å². The minimum absolute atomic E-state index is 0.0528. The van der Waals surface area contributed by atoms with E-state index in [1.54, 1.807) is 0 Å². The fourth-order valence-corrected chi connectivity index (χ4v) is 2.45. The molecule has 0 aliphatic carbocycles. The Morgan fingerprint density at radius 1 is 1.17 bits per heavy atom. The zero-order valence-corrected chi connectivity index (χ0v) is 12.0. The summed E-state index contributed by atoms with van der Waals surface area (Å²) in [5, 5.41) is 9.27. The van der Waals surface area contributed by atoms with Crippen LogP contribution in [0.5, 0.6) is 0 Å². The highest BCUT2D eigenvalue weighted by molar-refractivity contribution is 5.26. The highest BCUT2D eigenvalue weighted by Gasteiger charge is 2.23. The van der Waals surface area contributed by atoms with Gasteiger partial charge in [0.1, 0.15) is 0 Å². The van der Waals surface area contributed by atoms with Crippen molar-refractivity contribution < 1.29 is 0 Å². The average molecular weight is 244 g/mol. The van der Waals surface area contributed by atoms with Crippen LogP contribution >= 0.6 is 0 Å². The van der Waals surface area contributed by atoms with E-state index in [0.717, 1.165) is 12.8 Å². The van der Waals surface area contributed by atoms with Gasteiger partial charge in [0.15, 0.2) is 0 Å². The summed E-state index contributed by atoms with van der Waals surface area (Å²) in [7, 11) is 4.09. The molecule has 2 nitrogen and oxygen atoms in total. The van der Waals surface area contributed by atoms with E-state index in [4.69, 9.17) is 0 Å². The second-order valence-corrected chi connectivity index (χ2v) is 5.04.